The fourth-order valence-electron chi connectivity index (χ4n) is 3.67. The number of benzene rings is 1. The molecule has 3 aromatic rings. The maximum absolute atomic E-state index is 14.4. The third-order valence-electron chi connectivity index (χ3n) is 5.31. The number of sulfonamides is 1. The molecule has 3 heterocycles. The van der Waals surface area contributed by atoms with Crippen molar-refractivity contribution in [2.75, 3.05) is 26.8 Å². The SMILES string of the molecule is COCCn1c(=NC(=O)C2CCN(S(=O)(=O)c3cccs3)CC2)sc2cc(F)cc(F)c21. The molecule has 0 unspecified atom stereocenters. The average Bonchev–Trinajstić information content (AvgIpc) is 3.41. The van der Waals surface area contributed by atoms with Gasteiger partial charge in [0, 0.05) is 38.7 Å². The van der Waals surface area contributed by atoms with E-state index in [1.807, 2.05) is 0 Å². The molecule has 0 saturated carbocycles. The number of rotatable bonds is 6. The standard InChI is InChI=1S/C20H21F2N3O4S3/c1-29-9-8-25-18-15(22)11-14(21)12-16(18)31-20(25)23-19(26)13-4-6-24(7-5-13)32(27,28)17-3-2-10-30-17/h2-3,10-13H,4-9H2,1H3. The lowest BCUT2D eigenvalue weighted by atomic mass is 9.98. The van der Waals surface area contributed by atoms with Gasteiger partial charge in [-0.2, -0.15) is 9.30 Å². The van der Waals surface area contributed by atoms with Crippen LogP contribution in [0.25, 0.3) is 10.2 Å². The van der Waals surface area contributed by atoms with Crippen LogP contribution in [0.4, 0.5) is 8.78 Å². The van der Waals surface area contributed by atoms with Gasteiger partial charge in [0.05, 0.1) is 16.8 Å². The minimum Gasteiger partial charge on any atom is -0.383 e. The van der Waals surface area contributed by atoms with Gasteiger partial charge in [-0.15, -0.1) is 11.3 Å². The van der Waals surface area contributed by atoms with E-state index in [9.17, 15) is 22.0 Å². The number of amides is 1. The number of hydrogen-bond acceptors (Lipinski definition) is 6. The van der Waals surface area contributed by atoms with Crippen LogP contribution in [-0.4, -0.2) is 50.0 Å². The lowest BCUT2D eigenvalue weighted by Gasteiger charge is -2.29. The highest BCUT2D eigenvalue weighted by Gasteiger charge is 2.32. The molecule has 0 spiro atoms. The Morgan fingerprint density at radius 2 is 2.03 bits per heavy atom. The normalized spacial score (nSPS) is 16.8. The summed E-state index contributed by atoms with van der Waals surface area (Å²) in [4.78, 5) is 17.3. The number of fused-ring (bicyclic) bond motifs is 1. The Bertz CT molecular complexity index is 1290. The average molecular weight is 502 g/mol. The van der Waals surface area contributed by atoms with Gasteiger partial charge >= 0.3 is 0 Å². The second-order valence-corrected chi connectivity index (χ2v) is 11.4. The van der Waals surface area contributed by atoms with Crippen LogP contribution >= 0.6 is 22.7 Å². The van der Waals surface area contributed by atoms with Gasteiger partial charge in [-0.1, -0.05) is 17.4 Å². The first-order valence-corrected chi connectivity index (χ1v) is 13.0. The summed E-state index contributed by atoms with van der Waals surface area (Å²) < 4.78 is 62.0. The fraction of sp³-hybridized carbons (Fsp3) is 0.400. The van der Waals surface area contributed by atoms with Crippen LogP contribution in [0.1, 0.15) is 12.8 Å². The molecule has 1 aliphatic heterocycles. The summed E-state index contributed by atoms with van der Waals surface area (Å²) in [6.45, 7) is 0.968. The molecule has 1 fully saturated rings. The topological polar surface area (TPSA) is 81.0 Å². The van der Waals surface area contributed by atoms with Crippen molar-refractivity contribution in [2.24, 2.45) is 10.9 Å². The number of carbonyl (C=O) groups excluding carboxylic acids is 1. The van der Waals surface area contributed by atoms with E-state index in [4.69, 9.17) is 4.74 Å². The first-order chi connectivity index (χ1) is 15.3. The van der Waals surface area contributed by atoms with E-state index in [0.717, 1.165) is 28.7 Å². The van der Waals surface area contributed by atoms with Crippen molar-refractivity contribution < 1.29 is 26.7 Å². The van der Waals surface area contributed by atoms with E-state index in [1.54, 1.807) is 17.5 Å². The molecular formula is C20H21F2N3O4S3. The van der Waals surface area contributed by atoms with E-state index in [1.165, 1.54) is 22.0 Å². The molecule has 1 aromatic carbocycles. The molecule has 0 N–H and O–H groups in total. The summed E-state index contributed by atoms with van der Waals surface area (Å²) in [5, 5.41) is 1.71. The molecule has 0 radical (unpaired) electrons. The molecule has 12 heteroatoms. The number of carbonyl (C=O) groups is 1. The summed E-state index contributed by atoms with van der Waals surface area (Å²) in [6.07, 6.45) is 0.692. The van der Waals surface area contributed by atoms with Crippen molar-refractivity contribution in [2.45, 2.75) is 23.6 Å². The molecule has 1 aliphatic rings. The first kappa shape index (κ1) is 23.2. The molecule has 0 bridgehead atoms. The number of methoxy groups -OCH3 is 1. The zero-order valence-corrected chi connectivity index (χ0v) is 19.6. The minimum atomic E-state index is -3.55. The first-order valence-electron chi connectivity index (χ1n) is 9.91. The van der Waals surface area contributed by atoms with Crippen LogP contribution in [0, 0.1) is 17.6 Å². The van der Waals surface area contributed by atoms with Crippen molar-refractivity contribution in [3.63, 3.8) is 0 Å². The zero-order valence-electron chi connectivity index (χ0n) is 17.2. The number of nitrogens with zero attached hydrogens (tertiary/aromatic N) is 3. The van der Waals surface area contributed by atoms with Gasteiger partial charge in [0.15, 0.2) is 10.6 Å². The lowest BCUT2D eigenvalue weighted by molar-refractivity contribution is -0.122. The van der Waals surface area contributed by atoms with Gasteiger partial charge in [-0.05, 0) is 30.4 Å². The number of hydrogen-bond donors (Lipinski definition) is 0. The number of thiazole rings is 1. The van der Waals surface area contributed by atoms with Gasteiger partial charge in [0.2, 0.25) is 0 Å². The van der Waals surface area contributed by atoms with Gasteiger partial charge in [-0.3, -0.25) is 4.79 Å². The largest absolute Gasteiger partial charge is 0.383 e. The Labute approximate surface area is 191 Å². The second kappa shape index (κ2) is 9.48. The van der Waals surface area contributed by atoms with E-state index >= 15 is 0 Å². The quantitative estimate of drug-likeness (QED) is 0.520. The molecule has 172 valence electrons. The Hall–Kier alpha value is -1.99. The molecular weight excluding hydrogens is 480 g/mol. The zero-order chi connectivity index (χ0) is 22.9. The van der Waals surface area contributed by atoms with Crippen molar-refractivity contribution in [3.8, 4) is 0 Å². The number of piperidine rings is 1. The van der Waals surface area contributed by atoms with Gasteiger partial charge in [0.25, 0.3) is 15.9 Å². The summed E-state index contributed by atoms with van der Waals surface area (Å²) in [5.74, 6) is -2.26. The maximum atomic E-state index is 14.4. The fourth-order valence-corrected chi connectivity index (χ4v) is 7.39. The Morgan fingerprint density at radius 1 is 1.28 bits per heavy atom. The van der Waals surface area contributed by atoms with Crippen LogP contribution in [0.15, 0.2) is 38.8 Å². The van der Waals surface area contributed by atoms with Gasteiger partial charge in [0.1, 0.15) is 10.0 Å². The third-order valence-corrected chi connectivity index (χ3v) is 9.61. The molecule has 0 aliphatic carbocycles. The molecule has 2 aromatic heterocycles. The molecule has 1 amide bonds. The van der Waals surface area contributed by atoms with Crippen molar-refractivity contribution in [1.82, 2.24) is 8.87 Å². The Kier molecular flexibility index (Phi) is 6.86. The van der Waals surface area contributed by atoms with Crippen LogP contribution < -0.4 is 4.80 Å². The predicted molar refractivity (Wildman–Crippen MR) is 118 cm³/mol. The summed E-state index contributed by atoms with van der Waals surface area (Å²) in [7, 11) is -2.05. The smallest absolute Gasteiger partial charge is 0.252 e. The lowest BCUT2D eigenvalue weighted by Crippen LogP contribution is -2.40. The Morgan fingerprint density at radius 3 is 2.69 bits per heavy atom. The van der Waals surface area contributed by atoms with E-state index in [2.05, 4.69) is 4.99 Å². The van der Waals surface area contributed by atoms with E-state index < -0.39 is 33.5 Å². The molecule has 4 rings (SSSR count). The van der Waals surface area contributed by atoms with Crippen LogP contribution in [-0.2, 0) is 26.1 Å². The summed E-state index contributed by atoms with van der Waals surface area (Å²) in [5.41, 5.74) is 0.178. The summed E-state index contributed by atoms with van der Waals surface area (Å²) in [6, 6.07) is 5.26. The third kappa shape index (κ3) is 4.55. The van der Waals surface area contributed by atoms with Crippen molar-refractivity contribution >= 4 is 48.8 Å². The van der Waals surface area contributed by atoms with E-state index in [-0.39, 0.29) is 40.8 Å². The predicted octanol–water partition coefficient (Wildman–Crippen LogP) is 3.22. The summed E-state index contributed by atoms with van der Waals surface area (Å²) >= 11 is 2.19. The number of aromatic nitrogens is 1. The van der Waals surface area contributed by atoms with Crippen LogP contribution in [0.5, 0.6) is 0 Å². The Balaban J connectivity index is 1.57. The van der Waals surface area contributed by atoms with Crippen molar-refractivity contribution in [1.29, 1.82) is 0 Å². The molecule has 32 heavy (non-hydrogen) atoms. The van der Waals surface area contributed by atoms with Crippen LogP contribution in [0.3, 0.4) is 0 Å². The number of thiophene rings is 1. The highest BCUT2D eigenvalue weighted by atomic mass is 32.2. The number of halogens is 2. The van der Waals surface area contributed by atoms with Crippen molar-refractivity contribution in [3.05, 3.63) is 46.1 Å². The molecule has 1 saturated heterocycles. The van der Waals surface area contributed by atoms with E-state index in [0.29, 0.717) is 17.5 Å². The number of ether oxygens (including phenoxy) is 1. The highest BCUT2D eigenvalue weighted by Crippen LogP contribution is 2.27. The molecule has 7 nitrogen and oxygen atoms in total. The minimum absolute atomic E-state index is 0.178. The van der Waals surface area contributed by atoms with Gasteiger partial charge in [-0.25, -0.2) is 17.2 Å². The van der Waals surface area contributed by atoms with Crippen LogP contribution in [0.2, 0.25) is 0 Å². The maximum Gasteiger partial charge on any atom is 0.252 e. The molecule has 0 atom stereocenters. The highest BCUT2D eigenvalue weighted by molar-refractivity contribution is 7.91. The monoisotopic (exact) mass is 501 g/mol. The van der Waals surface area contributed by atoms with Gasteiger partial charge < -0.3 is 9.30 Å². The second-order valence-electron chi connectivity index (χ2n) is 7.32.